The second-order valence-electron chi connectivity index (χ2n) is 10.1. The van der Waals surface area contributed by atoms with Crippen molar-refractivity contribution >= 4 is 29.7 Å². The number of anilines is 1. The van der Waals surface area contributed by atoms with Crippen LogP contribution in [0.5, 0.6) is 5.75 Å². The topological polar surface area (TPSA) is 97.0 Å². The van der Waals surface area contributed by atoms with Crippen LogP contribution in [-0.4, -0.2) is 48.1 Å². The molecule has 0 aliphatic heterocycles. The van der Waals surface area contributed by atoms with Gasteiger partial charge in [0, 0.05) is 12.2 Å². The number of benzene rings is 2. The van der Waals surface area contributed by atoms with Crippen LogP contribution in [-0.2, 0) is 14.3 Å². The number of hydrogen-bond donors (Lipinski definition) is 2. The van der Waals surface area contributed by atoms with Crippen molar-refractivity contribution in [1.29, 1.82) is 0 Å². The summed E-state index contributed by atoms with van der Waals surface area (Å²) in [7, 11) is 1.56. The summed E-state index contributed by atoms with van der Waals surface area (Å²) in [5, 5.41) is 5.60. The molecule has 0 saturated heterocycles. The summed E-state index contributed by atoms with van der Waals surface area (Å²) < 4.78 is 10.6. The number of amides is 3. The number of hydrogen-bond acceptors (Lipinski definition) is 5. The van der Waals surface area contributed by atoms with E-state index in [0.717, 1.165) is 5.56 Å². The van der Waals surface area contributed by atoms with E-state index < -0.39 is 35.6 Å². The van der Waals surface area contributed by atoms with Crippen molar-refractivity contribution in [2.75, 3.05) is 19.0 Å². The molecule has 2 unspecified atom stereocenters. The number of alkyl carbamates (subject to hydrolysis) is 1. The van der Waals surface area contributed by atoms with Gasteiger partial charge >= 0.3 is 6.09 Å². The first-order valence-electron chi connectivity index (χ1n) is 12.5. The van der Waals surface area contributed by atoms with Gasteiger partial charge in [-0.15, -0.1) is 6.58 Å². The molecule has 0 fully saturated rings. The van der Waals surface area contributed by atoms with E-state index in [9.17, 15) is 14.4 Å². The first-order valence-corrected chi connectivity index (χ1v) is 12.5. The minimum absolute atomic E-state index is 0.0665. The highest BCUT2D eigenvalue weighted by Crippen LogP contribution is 2.27. The maximum atomic E-state index is 14.0. The molecule has 0 spiro atoms. The van der Waals surface area contributed by atoms with Gasteiger partial charge in [-0.25, -0.2) is 4.79 Å². The van der Waals surface area contributed by atoms with Crippen LogP contribution in [0.15, 0.2) is 67.8 Å². The number of nitrogens with one attached hydrogen (secondary N) is 2. The van der Waals surface area contributed by atoms with Crippen LogP contribution in [0.4, 0.5) is 10.5 Å². The fraction of sp³-hybridized carbons (Fsp3) is 0.367. The average molecular weight is 522 g/mol. The number of carbonyl (C=O) groups excluding carboxylic acids is 3. The van der Waals surface area contributed by atoms with E-state index in [1.54, 1.807) is 82.5 Å². The highest BCUT2D eigenvalue weighted by atomic mass is 16.6. The van der Waals surface area contributed by atoms with Crippen molar-refractivity contribution < 1.29 is 23.9 Å². The lowest BCUT2D eigenvalue weighted by Crippen LogP contribution is -2.54. The van der Waals surface area contributed by atoms with Gasteiger partial charge in [-0.2, -0.15) is 0 Å². The minimum Gasteiger partial charge on any atom is -0.497 e. The predicted molar refractivity (Wildman–Crippen MR) is 151 cm³/mol. The van der Waals surface area contributed by atoms with Crippen molar-refractivity contribution in [3.8, 4) is 5.75 Å². The highest BCUT2D eigenvalue weighted by molar-refractivity contribution is 5.99. The second kappa shape index (κ2) is 13.5. The Labute approximate surface area is 225 Å². The van der Waals surface area contributed by atoms with E-state index in [-0.39, 0.29) is 12.5 Å². The Morgan fingerprint density at radius 1 is 1.05 bits per heavy atom. The maximum Gasteiger partial charge on any atom is 0.408 e. The van der Waals surface area contributed by atoms with Crippen LogP contribution in [0.25, 0.3) is 6.08 Å². The first-order chi connectivity index (χ1) is 17.9. The number of nitrogens with zero attached hydrogens (tertiary/aromatic N) is 1. The van der Waals surface area contributed by atoms with Crippen molar-refractivity contribution in [1.82, 2.24) is 10.2 Å². The monoisotopic (exact) mass is 521 g/mol. The third-order valence-electron chi connectivity index (χ3n) is 5.59. The zero-order chi connectivity index (χ0) is 28.5. The fourth-order valence-electron chi connectivity index (χ4n) is 3.80. The third-order valence-corrected chi connectivity index (χ3v) is 5.59. The standard InChI is InChI=1S/C30H39N3O5/c1-9-18-33(28(35)25(20(3)4)32-29(36)38-30(5,6)7)26(22-13-11-12-21(10-2)19-22)27(34)31-23-14-16-24(37-8)17-15-23/h9-17,19-20,25-26H,1-2,18H2,3-8H3,(H,31,34)(H,32,36). The van der Waals surface area contributed by atoms with Crippen LogP contribution in [0.2, 0.25) is 0 Å². The predicted octanol–water partition coefficient (Wildman–Crippen LogP) is 5.58. The quantitative estimate of drug-likeness (QED) is 0.376. The molecule has 8 heteroatoms. The lowest BCUT2D eigenvalue weighted by Gasteiger charge is -2.35. The van der Waals surface area contributed by atoms with Gasteiger partial charge in [0.2, 0.25) is 5.91 Å². The molecule has 2 rings (SSSR count). The van der Waals surface area contributed by atoms with Crippen LogP contribution in [0.3, 0.4) is 0 Å². The van der Waals surface area contributed by atoms with Gasteiger partial charge in [-0.3, -0.25) is 9.59 Å². The molecule has 0 aromatic heterocycles. The van der Waals surface area contributed by atoms with E-state index >= 15 is 0 Å². The molecule has 38 heavy (non-hydrogen) atoms. The Bertz CT molecular complexity index is 1140. The second-order valence-corrected chi connectivity index (χ2v) is 10.1. The van der Waals surface area contributed by atoms with E-state index in [2.05, 4.69) is 23.8 Å². The molecule has 2 aromatic rings. The Morgan fingerprint density at radius 3 is 2.24 bits per heavy atom. The van der Waals surface area contributed by atoms with Crippen LogP contribution >= 0.6 is 0 Å². The molecule has 0 bridgehead atoms. The maximum absolute atomic E-state index is 14.0. The summed E-state index contributed by atoms with van der Waals surface area (Å²) in [6.45, 7) is 16.6. The van der Waals surface area contributed by atoms with Gasteiger partial charge < -0.3 is 25.0 Å². The molecule has 0 aliphatic rings. The van der Waals surface area contributed by atoms with E-state index in [1.807, 2.05) is 19.9 Å². The first kappa shape index (κ1) is 30.2. The van der Waals surface area contributed by atoms with Gasteiger partial charge in [0.25, 0.3) is 5.91 Å². The Morgan fingerprint density at radius 2 is 1.71 bits per heavy atom. The summed E-state index contributed by atoms with van der Waals surface area (Å²) in [6, 6.07) is 12.2. The SMILES string of the molecule is C=CCN(C(=O)C(NC(=O)OC(C)(C)C)C(C)C)C(C(=O)Nc1ccc(OC)cc1)c1cccc(C=C)c1. The largest absolute Gasteiger partial charge is 0.497 e. The Kier molecular flexibility index (Phi) is 10.7. The highest BCUT2D eigenvalue weighted by Gasteiger charge is 2.37. The number of carbonyl (C=O) groups is 3. The molecule has 3 amide bonds. The molecule has 0 radical (unpaired) electrons. The Balaban J connectivity index is 2.51. The minimum atomic E-state index is -1.02. The van der Waals surface area contributed by atoms with Gasteiger partial charge in [0.05, 0.1) is 7.11 Å². The summed E-state index contributed by atoms with van der Waals surface area (Å²) >= 11 is 0. The average Bonchev–Trinajstić information content (AvgIpc) is 2.86. The van der Waals surface area contributed by atoms with E-state index in [0.29, 0.717) is 17.0 Å². The molecule has 2 atom stereocenters. The van der Waals surface area contributed by atoms with Crippen molar-refractivity contribution in [2.45, 2.75) is 52.3 Å². The summed E-state index contributed by atoms with van der Waals surface area (Å²) in [4.78, 5) is 41.8. The lowest BCUT2D eigenvalue weighted by atomic mass is 9.97. The van der Waals surface area contributed by atoms with E-state index in [1.165, 1.54) is 4.90 Å². The zero-order valence-electron chi connectivity index (χ0n) is 23.1. The zero-order valence-corrected chi connectivity index (χ0v) is 23.1. The van der Waals surface area contributed by atoms with Gasteiger partial charge in [0.1, 0.15) is 23.4 Å². The summed E-state index contributed by atoms with van der Waals surface area (Å²) in [5.74, 6) is -0.502. The number of ether oxygens (including phenoxy) is 2. The van der Waals surface area contributed by atoms with Crippen molar-refractivity contribution in [2.24, 2.45) is 5.92 Å². The summed E-state index contributed by atoms with van der Waals surface area (Å²) in [6.07, 6.45) is 2.51. The molecule has 0 heterocycles. The molecule has 204 valence electrons. The molecular formula is C30H39N3O5. The normalized spacial score (nSPS) is 12.6. The molecule has 8 nitrogen and oxygen atoms in total. The van der Waals surface area contributed by atoms with Gasteiger partial charge in [-0.1, -0.05) is 50.8 Å². The van der Waals surface area contributed by atoms with Crippen LogP contribution < -0.4 is 15.4 Å². The molecule has 2 N–H and O–H groups in total. The smallest absolute Gasteiger partial charge is 0.408 e. The lowest BCUT2D eigenvalue weighted by molar-refractivity contribution is -0.141. The van der Waals surface area contributed by atoms with Gasteiger partial charge in [-0.05, 0) is 68.1 Å². The third kappa shape index (κ3) is 8.50. The Hall–Kier alpha value is -4.07. The van der Waals surface area contributed by atoms with Gasteiger partial charge in [0.15, 0.2) is 0 Å². The fourth-order valence-corrected chi connectivity index (χ4v) is 3.80. The van der Waals surface area contributed by atoms with E-state index in [4.69, 9.17) is 9.47 Å². The molecular weight excluding hydrogens is 482 g/mol. The molecule has 2 aromatic carbocycles. The number of rotatable bonds is 11. The molecule has 0 saturated carbocycles. The summed E-state index contributed by atoms with van der Waals surface area (Å²) in [5.41, 5.74) is 1.19. The molecule has 0 aliphatic carbocycles. The van der Waals surface area contributed by atoms with Crippen LogP contribution in [0.1, 0.15) is 51.8 Å². The van der Waals surface area contributed by atoms with Crippen LogP contribution in [0, 0.1) is 5.92 Å². The van der Waals surface area contributed by atoms with Crippen molar-refractivity contribution in [3.63, 3.8) is 0 Å². The van der Waals surface area contributed by atoms with Crippen molar-refractivity contribution in [3.05, 3.63) is 78.9 Å². The number of methoxy groups -OCH3 is 1.